The van der Waals surface area contributed by atoms with Gasteiger partial charge >= 0.3 is 0 Å². The zero-order valence-electron chi connectivity index (χ0n) is 6.55. The second-order valence-corrected chi connectivity index (χ2v) is 3.33. The summed E-state index contributed by atoms with van der Waals surface area (Å²) in [4.78, 5) is 0. The molecule has 0 radical (unpaired) electrons. The minimum atomic E-state index is -0.0638. The monoisotopic (exact) mass is 145 g/mol. The lowest BCUT2D eigenvalue weighted by atomic mass is 10.1. The maximum atomic E-state index is 8.72. The molecule has 1 saturated heterocycles. The van der Waals surface area contributed by atoms with Crippen LogP contribution in [0, 0.1) is 0 Å². The van der Waals surface area contributed by atoms with Gasteiger partial charge in [-0.25, -0.2) is 0 Å². The summed E-state index contributed by atoms with van der Waals surface area (Å²) in [5.74, 6) is 0. The predicted octanol–water partition coefficient (Wildman–Crippen LogP) is -0.254. The Balaban J connectivity index is 2.31. The van der Waals surface area contributed by atoms with E-state index >= 15 is 0 Å². The fourth-order valence-electron chi connectivity index (χ4n) is 0.944. The fraction of sp³-hybridized carbons (Fsp3) is 1.00. The van der Waals surface area contributed by atoms with Gasteiger partial charge in [0.1, 0.15) is 0 Å². The van der Waals surface area contributed by atoms with Crippen LogP contribution in [-0.2, 0) is 4.74 Å². The number of hydrogen-bond donors (Lipinski definition) is 2. The van der Waals surface area contributed by atoms with Gasteiger partial charge in [0.2, 0.25) is 0 Å². The molecule has 0 saturated carbocycles. The molecule has 0 spiro atoms. The van der Waals surface area contributed by atoms with Crippen molar-refractivity contribution in [2.75, 3.05) is 19.8 Å². The molecule has 1 heterocycles. The Kier molecular flexibility index (Phi) is 2.28. The largest absolute Gasteiger partial charge is 0.395 e. The average molecular weight is 145 g/mol. The molecule has 0 bridgehead atoms. The van der Waals surface area contributed by atoms with Gasteiger partial charge in [0, 0.05) is 6.54 Å². The average Bonchev–Trinajstić information content (AvgIpc) is 1.88. The molecule has 60 valence electrons. The van der Waals surface area contributed by atoms with E-state index in [4.69, 9.17) is 9.84 Å². The van der Waals surface area contributed by atoms with Gasteiger partial charge in [0.25, 0.3) is 0 Å². The molecular weight excluding hydrogens is 130 g/mol. The second kappa shape index (κ2) is 2.86. The van der Waals surface area contributed by atoms with Crippen LogP contribution in [0.25, 0.3) is 0 Å². The van der Waals surface area contributed by atoms with E-state index in [-0.39, 0.29) is 18.2 Å². The molecular formula is C7H15NO2. The van der Waals surface area contributed by atoms with Crippen molar-refractivity contribution in [1.29, 1.82) is 0 Å². The molecule has 0 aromatic heterocycles. The van der Waals surface area contributed by atoms with Crippen LogP contribution in [0.2, 0.25) is 0 Å². The van der Waals surface area contributed by atoms with Crippen molar-refractivity contribution in [2.24, 2.45) is 0 Å². The second-order valence-electron chi connectivity index (χ2n) is 3.33. The van der Waals surface area contributed by atoms with Gasteiger partial charge in [-0.2, -0.15) is 0 Å². The van der Waals surface area contributed by atoms with Gasteiger partial charge < -0.3 is 15.2 Å². The lowest BCUT2D eigenvalue weighted by molar-refractivity contribution is -0.0655. The molecule has 0 aliphatic carbocycles. The van der Waals surface area contributed by atoms with Crippen molar-refractivity contribution < 1.29 is 9.84 Å². The molecule has 3 nitrogen and oxygen atoms in total. The number of rotatable bonds is 1. The van der Waals surface area contributed by atoms with Crippen molar-refractivity contribution in [3.8, 4) is 0 Å². The molecule has 0 aromatic carbocycles. The Hall–Kier alpha value is -0.120. The molecule has 1 fully saturated rings. The van der Waals surface area contributed by atoms with Crippen LogP contribution in [-0.4, -0.2) is 36.5 Å². The first-order valence-corrected chi connectivity index (χ1v) is 3.62. The maximum absolute atomic E-state index is 8.72. The van der Waals surface area contributed by atoms with Gasteiger partial charge in [-0.05, 0) is 13.8 Å². The molecule has 1 aliphatic heterocycles. The molecule has 0 unspecified atom stereocenters. The summed E-state index contributed by atoms with van der Waals surface area (Å²) in [6, 6.07) is 0.132. The maximum Gasteiger partial charge on any atom is 0.0751 e. The van der Waals surface area contributed by atoms with Crippen LogP contribution in [0.15, 0.2) is 0 Å². The molecule has 1 rings (SSSR count). The molecule has 1 atom stereocenters. The van der Waals surface area contributed by atoms with Crippen LogP contribution in [0.1, 0.15) is 13.8 Å². The van der Waals surface area contributed by atoms with Crippen LogP contribution >= 0.6 is 0 Å². The zero-order valence-corrected chi connectivity index (χ0v) is 6.55. The molecule has 0 aromatic rings. The summed E-state index contributed by atoms with van der Waals surface area (Å²) >= 11 is 0. The van der Waals surface area contributed by atoms with Gasteiger partial charge in [-0.1, -0.05) is 0 Å². The van der Waals surface area contributed by atoms with Gasteiger partial charge in [0.15, 0.2) is 0 Å². The molecule has 1 aliphatic rings. The Labute approximate surface area is 61.4 Å². The topological polar surface area (TPSA) is 41.5 Å². The standard InChI is InChI=1S/C7H15NO2/c1-7(2)5-8-6(3-9)4-10-7/h6,8-9H,3-5H2,1-2H3/t6-/m1/s1. The Morgan fingerprint density at radius 2 is 2.40 bits per heavy atom. The quantitative estimate of drug-likeness (QED) is 0.534. The van der Waals surface area contributed by atoms with Crippen LogP contribution < -0.4 is 5.32 Å². The van der Waals surface area contributed by atoms with Crippen molar-refractivity contribution in [3.63, 3.8) is 0 Å². The van der Waals surface area contributed by atoms with E-state index in [1.54, 1.807) is 0 Å². The first-order chi connectivity index (χ1) is 4.64. The lowest BCUT2D eigenvalue weighted by Crippen LogP contribution is -2.52. The highest BCUT2D eigenvalue weighted by Gasteiger charge is 2.26. The predicted molar refractivity (Wildman–Crippen MR) is 38.9 cm³/mol. The van der Waals surface area contributed by atoms with Crippen LogP contribution in [0.5, 0.6) is 0 Å². The minimum absolute atomic E-state index is 0.0638. The fourth-order valence-corrected chi connectivity index (χ4v) is 0.944. The lowest BCUT2D eigenvalue weighted by Gasteiger charge is -2.34. The molecule has 2 N–H and O–H groups in total. The minimum Gasteiger partial charge on any atom is -0.395 e. The summed E-state index contributed by atoms with van der Waals surface area (Å²) in [7, 11) is 0. The summed E-state index contributed by atoms with van der Waals surface area (Å²) in [5, 5.41) is 11.9. The van der Waals surface area contributed by atoms with Crippen molar-refractivity contribution in [3.05, 3.63) is 0 Å². The number of aliphatic hydroxyl groups excluding tert-OH is 1. The number of morpholine rings is 1. The van der Waals surface area contributed by atoms with E-state index in [2.05, 4.69) is 5.32 Å². The Bertz CT molecular complexity index is 104. The van der Waals surface area contributed by atoms with E-state index in [1.807, 2.05) is 13.8 Å². The number of ether oxygens (including phenoxy) is 1. The summed E-state index contributed by atoms with van der Waals surface area (Å²) in [6.45, 7) is 5.67. The van der Waals surface area contributed by atoms with Crippen molar-refractivity contribution >= 4 is 0 Å². The van der Waals surface area contributed by atoms with Gasteiger partial charge in [0.05, 0.1) is 24.9 Å². The third kappa shape index (κ3) is 1.94. The van der Waals surface area contributed by atoms with E-state index in [0.29, 0.717) is 6.61 Å². The molecule has 0 amide bonds. The molecule has 3 heteroatoms. The van der Waals surface area contributed by atoms with E-state index < -0.39 is 0 Å². The van der Waals surface area contributed by atoms with Crippen LogP contribution in [0.4, 0.5) is 0 Å². The van der Waals surface area contributed by atoms with Crippen LogP contribution in [0.3, 0.4) is 0 Å². The third-order valence-corrected chi connectivity index (χ3v) is 1.71. The van der Waals surface area contributed by atoms with E-state index in [0.717, 1.165) is 6.54 Å². The molecule has 10 heavy (non-hydrogen) atoms. The summed E-state index contributed by atoms with van der Waals surface area (Å²) in [6.07, 6.45) is 0. The number of aliphatic hydroxyl groups is 1. The first-order valence-electron chi connectivity index (χ1n) is 3.62. The van der Waals surface area contributed by atoms with Crippen molar-refractivity contribution in [1.82, 2.24) is 5.32 Å². The third-order valence-electron chi connectivity index (χ3n) is 1.71. The number of nitrogens with one attached hydrogen (secondary N) is 1. The van der Waals surface area contributed by atoms with Gasteiger partial charge in [-0.15, -0.1) is 0 Å². The van der Waals surface area contributed by atoms with E-state index in [9.17, 15) is 0 Å². The van der Waals surface area contributed by atoms with Gasteiger partial charge in [-0.3, -0.25) is 0 Å². The Morgan fingerprint density at radius 3 is 2.80 bits per heavy atom. The van der Waals surface area contributed by atoms with E-state index in [1.165, 1.54) is 0 Å². The Morgan fingerprint density at radius 1 is 1.70 bits per heavy atom. The highest BCUT2D eigenvalue weighted by molar-refractivity contribution is 4.81. The number of hydrogen-bond acceptors (Lipinski definition) is 3. The summed E-state index contributed by atoms with van der Waals surface area (Å²) in [5.41, 5.74) is -0.0638. The highest BCUT2D eigenvalue weighted by Crippen LogP contribution is 2.12. The zero-order chi connectivity index (χ0) is 7.61. The smallest absolute Gasteiger partial charge is 0.0751 e. The van der Waals surface area contributed by atoms with Crippen molar-refractivity contribution in [2.45, 2.75) is 25.5 Å². The first kappa shape index (κ1) is 7.98. The SMILES string of the molecule is CC1(C)CN[C@H](CO)CO1. The highest BCUT2D eigenvalue weighted by atomic mass is 16.5. The summed E-state index contributed by atoms with van der Waals surface area (Å²) < 4.78 is 5.45. The normalized spacial score (nSPS) is 32.1.